The third kappa shape index (κ3) is 4.09. The van der Waals surface area contributed by atoms with Gasteiger partial charge in [-0.1, -0.05) is 12.1 Å². The summed E-state index contributed by atoms with van der Waals surface area (Å²) in [7, 11) is 0. The minimum absolute atomic E-state index is 0.831. The van der Waals surface area contributed by atoms with Gasteiger partial charge in [0.15, 0.2) is 0 Å². The summed E-state index contributed by atoms with van der Waals surface area (Å²) >= 11 is 0. The van der Waals surface area contributed by atoms with E-state index in [9.17, 15) is 0 Å². The molecule has 1 N–H and O–H groups in total. The Labute approximate surface area is 103 Å². The first-order chi connectivity index (χ1) is 8.38. The highest BCUT2D eigenvalue weighted by Gasteiger charge is 2.11. The fourth-order valence-corrected chi connectivity index (χ4v) is 2.17. The van der Waals surface area contributed by atoms with Crippen molar-refractivity contribution in [2.75, 3.05) is 26.2 Å². The van der Waals surface area contributed by atoms with Crippen LogP contribution >= 0.6 is 0 Å². The molecule has 2 heterocycles. The molecule has 1 aliphatic rings. The van der Waals surface area contributed by atoms with Gasteiger partial charge in [0, 0.05) is 19.3 Å². The molecule has 5 nitrogen and oxygen atoms in total. The van der Waals surface area contributed by atoms with E-state index in [1.54, 1.807) is 0 Å². The number of hydrogen-bond donors (Lipinski definition) is 1. The average molecular weight is 237 g/mol. The lowest BCUT2D eigenvalue weighted by Crippen LogP contribution is -2.24. The Kier molecular flexibility index (Phi) is 4.94. The van der Waals surface area contributed by atoms with Crippen LogP contribution in [0.25, 0.3) is 0 Å². The van der Waals surface area contributed by atoms with Gasteiger partial charge < -0.3 is 10.2 Å². The van der Waals surface area contributed by atoms with Crippen molar-refractivity contribution in [1.82, 2.24) is 25.2 Å². The predicted octanol–water partition coefficient (Wildman–Crippen LogP) is 0.873. The van der Waals surface area contributed by atoms with E-state index in [-0.39, 0.29) is 0 Å². The zero-order valence-corrected chi connectivity index (χ0v) is 10.7. The summed E-state index contributed by atoms with van der Waals surface area (Å²) in [5, 5.41) is 11.7. The molecule has 0 atom stereocenters. The minimum atomic E-state index is 0.831. The van der Waals surface area contributed by atoms with Crippen LogP contribution in [0.15, 0.2) is 6.20 Å². The van der Waals surface area contributed by atoms with Gasteiger partial charge in [-0.25, -0.2) is 0 Å². The number of hydrogen-bond acceptors (Lipinski definition) is 4. The van der Waals surface area contributed by atoms with Crippen LogP contribution in [0.4, 0.5) is 0 Å². The Balaban J connectivity index is 1.69. The maximum absolute atomic E-state index is 4.17. The van der Waals surface area contributed by atoms with E-state index < -0.39 is 0 Å². The Morgan fingerprint density at radius 1 is 1.29 bits per heavy atom. The average Bonchev–Trinajstić information content (AvgIpc) is 2.98. The summed E-state index contributed by atoms with van der Waals surface area (Å²) in [6.07, 6.45) is 5.91. The zero-order chi connectivity index (χ0) is 11.9. The minimum Gasteiger partial charge on any atom is -0.311 e. The monoisotopic (exact) mass is 237 g/mol. The first-order valence-corrected chi connectivity index (χ1v) is 6.70. The van der Waals surface area contributed by atoms with Gasteiger partial charge in [0.1, 0.15) is 0 Å². The third-order valence-corrected chi connectivity index (χ3v) is 3.16. The quantitative estimate of drug-likeness (QED) is 0.715. The normalized spacial score (nSPS) is 16.8. The molecule has 1 aliphatic heterocycles. The molecular formula is C12H23N5. The second-order valence-electron chi connectivity index (χ2n) is 4.70. The number of nitrogens with one attached hydrogen (secondary N) is 1. The van der Waals surface area contributed by atoms with Crippen LogP contribution in [-0.2, 0) is 13.1 Å². The molecule has 0 bridgehead atoms. The number of aromatic nitrogens is 3. The van der Waals surface area contributed by atoms with Gasteiger partial charge in [0.05, 0.1) is 12.2 Å². The van der Waals surface area contributed by atoms with Crippen molar-refractivity contribution in [3.8, 4) is 0 Å². The molecule has 5 heteroatoms. The molecule has 1 aromatic rings. The van der Waals surface area contributed by atoms with E-state index in [0.29, 0.717) is 0 Å². The number of rotatable bonds is 7. The molecule has 0 saturated carbocycles. The largest absolute Gasteiger partial charge is 0.311 e. The number of likely N-dealkylation sites (tertiary alicyclic amines) is 1. The SMILES string of the molecule is CCCNCc1cn(CCN2CCCC2)nn1. The molecule has 1 aromatic heterocycles. The van der Waals surface area contributed by atoms with Gasteiger partial charge in [0.2, 0.25) is 0 Å². The summed E-state index contributed by atoms with van der Waals surface area (Å²) < 4.78 is 1.96. The Morgan fingerprint density at radius 2 is 2.12 bits per heavy atom. The van der Waals surface area contributed by atoms with Crippen molar-refractivity contribution in [1.29, 1.82) is 0 Å². The van der Waals surface area contributed by atoms with E-state index in [4.69, 9.17) is 0 Å². The number of nitrogens with zero attached hydrogens (tertiary/aromatic N) is 4. The first kappa shape index (κ1) is 12.5. The summed E-state index contributed by atoms with van der Waals surface area (Å²) in [6.45, 7) is 8.60. The fraction of sp³-hybridized carbons (Fsp3) is 0.833. The molecule has 0 aromatic carbocycles. The lowest BCUT2D eigenvalue weighted by Gasteiger charge is -2.13. The first-order valence-electron chi connectivity index (χ1n) is 6.70. The van der Waals surface area contributed by atoms with Crippen LogP contribution in [0, 0.1) is 0 Å². The van der Waals surface area contributed by atoms with Gasteiger partial charge in [0.25, 0.3) is 0 Å². The molecule has 0 amide bonds. The Hall–Kier alpha value is -0.940. The van der Waals surface area contributed by atoms with Gasteiger partial charge in [-0.15, -0.1) is 5.10 Å². The highest BCUT2D eigenvalue weighted by molar-refractivity contribution is 4.91. The van der Waals surface area contributed by atoms with Crippen LogP contribution in [0.3, 0.4) is 0 Å². The van der Waals surface area contributed by atoms with Crippen molar-refractivity contribution in [3.63, 3.8) is 0 Å². The molecule has 1 saturated heterocycles. The van der Waals surface area contributed by atoms with E-state index in [0.717, 1.165) is 38.3 Å². The van der Waals surface area contributed by atoms with Crippen LogP contribution in [-0.4, -0.2) is 46.1 Å². The van der Waals surface area contributed by atoms with Crippen LogP contribution in [0.1, 0.15) is 31.9 Å². The van der Waals surface area contributed by atoms with Crippen molar-refractivity contribution >= 4 is 0 Å². The lowest BCUT2D eigenvalue weighted by molar-refractivity contribution is 0.314. The molecular weight excluding hydrogens is 214 g/mol. The Morgan fingerprint density at radius 3 is 2.88 bits per heavy atom. The Bertz CT molecular complexity index is 316. The highest BCUT2D eigenvalue weighted by atomic mass is 15.4. The molecule has 0 radical (unpaired) electrons. The van der Waals surface area contributed by atoms with Crippen molar-refractivity contribution in [2.24, 2.45) is 0 Å². The summed E-state index contributed by atoms with van der Waals surface area (Å²) in [5.74, 6) is 0. The molecule has 96 valence electrons. The van der Waals surface area contributed by atoms with E-state index >= 15 is 0 Å². The second kappa shape index (κ2) is 6.71. The lowest BCUT2D eigenvalue weighted by atomic mass is 10.4. The third-order valence-electron chi connectivity index (χ3n) is 3.16. The van der Waals surface area contributed by atoms with Crippen LogP contribution < -0.4 is 5.32 Å². The molecule has 0 spiro atoms. The van der Waals surface area contributed by atoms with Gasteiger partial charge in [-0.05, 0) is 38.9 Å². The molecule has 2 rings (SSSR count). The highest BCUT2D eigenvalue weighted by Crippen LogP contribution is 2.06. The fourth-order valence-electron chi connectivity index (χ4n) is 2.17. The molecule has 0 unspecified atom stereocenters. The van der Waals surface area contributed by atoms with Crippen molar-refractivity contribution in [3.05, 3.63) is 11.9 Å². The van der Waals surface area contributed by atoms with Gasteiger partial charge >= 0.3 is 0 Å². The summed E-state index contributed by atoms with van der Waals surface area (Å²) in [6, 6.07) is 0. The molecule has 0 aliphatic carbocycles. The van der Waals surface area contributed by atoms with Crippen LogP contribution in [0.5, 0.6) is 0 Å². The van der Waals surface area contributed by atoms with E-state index in [1.807, 2.05) is 4.68 Å². The maximum Gasteiger partial charge on any atom is 0.0964 e. The summed E-state index contributed by atoms with van der Waals surface area (Å²) in [4.78, 5) is 2.50. The topological polar surface area (TPSA) is 46.0 Å². The van der Waals surface area contributed by atoms with Gasteiger partial charge in [-0.3, -0.25) is 4.68 Å². The predicted molar refractivity (Wildman–Crippen MR) is 67.7 cm³/mol. The summed E-state index contributed by atoms with van der Waals surface area (Å²) in [5.41, 5.74) is 1.04. The van der Waals surface area contributed by atoms with Crippen LogP contribution in [0.2, 0.25) is 0 Å². The zero-order valence-electron chi connectivity index (χ0n) is 10.7. The van der Waals surface area contributed by atoms with Crippen molar-refractivity contribution < 1.29 is 0 Å². The second-order valence-corrected chi connectivity index (χ2v) is 4.70. The smallest absolute Gasteiger partial charge is 0.0964 e. The standard InChI is InChI=1S/C12H23N5/c1-2-5-13-10-12-11-17(15-14-12)9-8-16-6-3-4-7-16/h11,13H,2-10H2,1H3. The van der Waals surface area contributed by atoms with Gasteiger partial charge in [-0.2, -0.15) is 0 Å². The van der Waals surface area contributed by atoms with E-state index in [1.165, 1.54) is 25.9 Å². The maximum atomic E-state index is 4.17. The molecule has 17 heavy (non-hydrogen) atoms. The van der Waals surface area contributed by atoms with Crippen molar-refractivity contribution in [2.45, 2.75) is 39.3 Å². The van der Waals surface area contributed by atoms with E-state index in [2.05, 4.69) is 33.6 Å². The molecule has 1 fully saturated rings.